The molecule has 3 nitrogen and oxygen atoms in total. The number of ether oxygens (including phenoxy) is 1. The van der Waals surface area contributed by atoms with Crippen molar-refractivity contribution in [3.05, 3.63) is 0 Å². The van der Waals surface area contributed by atoms with Crippen LogP contribution in [0.1, 0.15) is 27.2 Å². The molecule has 0 aromatic carbocycles. The molecule has 84 valence electrons. The molecule has 2 unspecified atom stereocenters. The standard InChI is InChI=1S/C11H24N2O/c1-9(2)7-13(10(3)6-12)11-4-5-14-8-11/h9-11H,4-8,12H2,1-3H3. The van der Waals surface area contributed by atoms with Gasteiger partial charge < -0.3 is 10.5 Å². The zero-order chi connectivity index (χ0) is 10.6. The molecule has 0 aromatic rings. The van der Waals surface area contributed by atoms with E-state index in [4.69, 9.17) is 10.5 Å². The van der Waals surface area contributed by atoms with Gasteiger partial charge in [0.2, 0.25) is 0 Å². The quantitative estimate of drug-likeness (QED) is 0.722. The smallest absolute Gasteiger partial charge is 0.0622 e. The summed E-state index contributed by atoms with van der Waals surface area (Å²) in [6.07, 6.45) is 1.16. The Hall–Kier alpha value is -0.120. The van der Waals surface area contributed by atoms with Crippen molar-refractivity contribution in [2.75, 3.05) is 26.3 Å². The first kappa shape index (κ1) is 12.0. The predicted octanol–water partition coefficient (Wildman–Crippen LogP) is 1.08. The highest BCUT2D eigenvalue weighted by molar-refractivity contribution is 4.80. The Labute approximate surface area is 87.6 Å². The van der Waals surface area contributed by atoms with E-state index in [1.165, 1.54) is 0 Å². The fourth-order valence-corrected chi connectivity index (χ4v) is 2.03. The van der Waals surface area contributed by atoms with E-state index in [0.29, 0.717) is 18.0 Å². The molecule has 0 bridgehead atoms. The SMILES string of the molecule is CC(C)CN(C(C)CN)C1CCOC1. The van der Waals surface area contributed by atoms with Crippen molar-refractivity contribution in [3.8, 4) is 0 Å². The Balaban J connectivity index is 2.50. The van der Waals surface area contributed by atoms with E-state index in [1.807, 2.05) is 0 Å². The van der Waals surface area contributed by atoms with Crippen LogP contribution in [0.3, 0.4) is 0 Å². The van der Waals surface area contributed by atoms with Crippen LogP contribution in [0.5, 0.6) is 0 Å². The second kappa shape index (κ2) is 5.69. The average Bonchev–Trinajstić information content (AvgIpc) is 2.65. The molecule has 14 heavy (non-hydrogen) atoms. The summed E-state index contributed by atoms with van der Waals surface area (Å²) in [5, 5.41) is 0. The van der Waals surface area contributed by atoms with Crippen LogP contribution in [0.2, 0.25) is 0 Å². The number of rotatable bonds is 5. The minimum Gasteiger partial charge on any atom is -0.380 e. The molecule has 1 saturated heterocycles. The summed E-state index contributed by atoms with van der Waals surface area (Å²) in [7, 11) is 0. The summed E-state index contributed by atoms with van der Waals surface area (Å²) < 4.78 is 5.43. The zero-order valence-corrected chi connectivity index (χ0v) is 9.70. The van der Waals surface area contributed by atoms with Crippen LogP contribution in [-0.4, -0.2) is 43.3 Å². The van der Waals surface area contributed by atoms with Gasteiger partial charge in [-0.15, -0.1) is 0 Å². The van der Waals surface area contributed by atoms with Gasteiger partial charge in [-0.1, -0.05) is 13.8 Å². The van der Waals surface area contributed by atoms with Crippen molar-refractivity contribution in [2.45, 2.75) is 39.3 Å². The normalized spacial score (nSPS) is 24.9. The van der Waals surface area contributed by atoms with E-state index in [1.54, 1.807) is 0 Å². The second-order valence-electron chi connectivity index (χ2n) is 4.69. The van der Waals surface area contributed by atoms with E-state index in [0.717, 1.165) is 32.7 Å². The van der Waals surface area contributed by atoms with Gasteiger partial charge in [-0.05, 0) is 19.3 Å². The van der Waals surface area contributed by atoms with Crippen molar-refractivity contribution in [1.29, 1.82) is 0 Å². The lowest BCUT2D eigenvalue weighted by atomic mass is 10.1. The third-order valence-electron chi connectivity index (χ3n) is 2.86. The van der Waals surface area contributed by atoms with E-state index in [2.05, 4.69) is 25.7 Å². The van der Waals surface area contributed by atoms with E-state index in [9.17, 15) is 0 Å². The van der Waals surface area contributed by atoms with Gasteiger partial charge in [-0.3, -0.25) is 4.90 Å². The molecule has 0 saturated carbocycles. The van der Waals surface area contributed by atoms with Crippen LogP contribution in [0.4, 0.5) is 0 Å². The monoisotopic (exact) mass is 200 g/mol. The number of hydrogen-bond acceptors (Lipinski definition) is 3. The first-order chi connectivity index (χ1) is 6.65. The summed E-state index contributed by atoms with van der Waals surface area (Å²) in [6, 6.07) is 1.07. The Kier molecular flexibility index (Phi) is 4.85. The lowest BCUT2D eigenvalue weighted by Gasteiger charge is -2.34. The summed E-state index contributed by atoms with van der Waals surface area (Å²) in [5.41, 5.74) is 5.73. The fraction of sp³-hybridized carbons (Fsp3) is 1.00. The highest BCUT2D eigenvalue weighted by atomic mass is 16.5. The molecule has 3 heteroatoms. The molecule has 2 N–H and O–H groups in total. The van der Waals surface area contributed by atoms with Crippen molar-refractivity contribution in [1.82, 2.24) is 4.90 Å². The number of hydrogen-bond donors (Lipinski definition) is 1. The van der Waals surface area contributed by atoms with Gasteiger partial charge in [0, 0.05) is 31.8 Å². The average molecular weight is 200 g/mol. The first-order valence-corrected chi connectivity index (χ1v) is 5.68. The van der Waals surface area contributed by atoms with Crippen LogP contribution in [0.25, 0.3) is 0 Å². The maximum Gasteiger partial charge on any atom is 0.0622 e. The predicted molar refractivity (Wildman–Crippen MR) is 59.3 cm³/mol. The van der Waals surface area contributed by atoms with E-state index in [-0.39, 0.29) is 0 Å². The van der Waals surface area contributed by atoms with Crippen LogP contribution in [-0.2, 0) is 4.74 Å². The Morgan fingerprint density at radius 1 is 1.43 bits per heavy atom. The van der Waals surface area contributed by atoms with Crippen molar-refractivity contribution < 1.29 is 4.74 Å². The molecule has 1 heterocycles. The molecule has 1 fully saturated rings. The van der Waals surface area contributed by atoms with Gasteiger partial charge in [-0.2, -0.15) is 0 Å². The molecule has 0 amide bonds. The third kappa shape index (κ3) is 3.23. The first-order valence-electron chi connectivity index (χ1n) is 5.68. The Bertz CT molecular complexity index is 155. The van der Waals surface area contributed by atoms with Crippen LogP contribution < -0.4 is 5.73 Å². The highest BCUT2D eigenvalue weighted by Crippen LogP contribution is 2.16. The van der Waals surface area contributed by atoms with Gasteiger partial charge in [-0.25, -0.2) is 0 Å². The molecule has 1 aliphatic rings. The topological polar surface area (TPSA) is 38.5 Å². The van der Waals surface area contributed by atoms with Gasteiger partial charge in [0.1, 0.15) is 0 Å². The zero-order valence-electron chi connectivity index (χ0n) is 9.70. The van der Waals surface area contributed by atoms with E-state index >= 15 is 0 Å². The lowest BCUT2D eigenvalue weighted by molar-refractivity contribution is 0.106. The second-order valence-corrected chi connectivity index (χ2v) is 4.69. The molecule has 0 radical (unpaired) electrons. The minimum atomic E-state index is 0.476. The van der Waals surface area contributed by atoms with Crippen LogP contribution in [0.15, 0.2) is 0 Å². The molecule has 2 atom stereocenters. The molecule has 1 aliphatic heterocycles. The summed E-state index contributed by atoms with van der Waals surface area (Å²) in [5.74, 6) is 0.699. The van der Waals surface area contributed by atoms with Gasteiger partial charge >= 0.3 is 0 Å². The molecular formula is C11H24N2O. The summed E-state index contributed by atoms with van der Waals surface area (Å²) in [6.45, 7) is 10.4. The maximum atomic E-state index is 5.73. The molecule has 0 spiro atoms. The minimum absolute atomic E-state index is 0.476. The maximum absolute atomic E-state index is 5.73. The largest absolute Gasteiger partial charge is 0.380 e. The number of nitrogens with zero attached hydrogens (tertiary/aromatic N) is 1. The van der Waals surface area contributed by atoms with Crippen LogP contribution in [0, 0.1) is 5.92 Å². The highest BCUT2D eigenvalue weighted by Gasteiger charge is 2.26. The van der Waals surface area contributed by atoms with Gasteiger partial charge in [0.15, 0.2) is 0 Å². The molecule has 0 aromatic heterocycles. The van der Waals surface area contributed by atoms with Gasteiger partial charge in [0.05, 0.1) is 6.61 Å². The molecule has 0 aliphatic carbocycles. The van der Waals surface area contributed by atoms with Gasteiger partial charge in [0.25, 0.3) is 0 Å². The number of nitrogens with two attached hydrogens (primary N) is 1. The third-order valence-corrected chi connectivity index (χ3v) is 2.86. The van der Waals surface area contributed by atoms with Crippen molar-refractivity contribution in [3.63, 3.8) is 0 Å². The van der Waals surface area contributed by atoms with Crippen LogP contribution >= 0.6 is 0 Å². The summed E-state index contributed by atoms with van der Waals surface area (Å²) in [4.78, 5) is 2.51. The summed E-state index contributed by atoms with van der Waals surface area (Å²) >= 11 is 0. The van der Waals surface area contributed by atoms with E-state index < -0.39 is 0 Å². The Morgan fingerprint density at radius 3 is 2.57 bits per heavy atom. The lowest BCUT2D eigenvalue weighted by Crippen LogP contribution is -2.47. The molecule has 1 rings (SSSR count). The Morgan fingerprint density at radius 2 is 2.14 bits per heavy atom. The molecular weight excluding hydrogens is 176 g/mol. The van der Waals surface area contributed by atoms with Crippen molar-refractivity contribution >= 4 is 0 Å². The van der Waals surface area contributed by atoms with Crippen molar-refractivity contribution in [2.24, 2.45) is 11.7 Å². The fourth-order valence-electron chi connectivity index (χ4n) is 2.03.